The molecular weight excluding hydrogens is 364 g/mol. The van der Waals surface area contributed by atoms with E-state index in [1.165, 1.54) is 11.8 Å². The first kappa shape index (κ1) is 18.7. The van der Waals surface area contributed by atoms with Gasteiger partial charge in [-0.3, -0.25) is 4.79 Å². The highest BCUT2D eigenvalue weighted by Crippen LogP contribution is 2.16. The van der Waals surface area contributed by atoms with E-state index in [0.29, 0.717) is 23.0 Å². The summed E-state index contributed by atoms with van der Waals surface area (Å²) in [5, 5.41) is 7.61. The van der Waals surface area contributed by atoms with Gasteiger partial charge in [-0.05, 0) is 37.3 Å². The van der Waals surface area contributed by atoms with Crippen LogP contribution in [0.3, 0.4) is 0 Å². The highest BCUT2D eigenvalue weighted by molar-refractivity contribution is 7.99. The molecule has 1 N–H and O–H groups in total. The second-order valence-electron chi connectivity index (χ2n) is 5.45. The number of anilines is 1. The van der Waals surface area contributed by atoms with Gasteiger partial charge in [-0.15, -0.1) is 5.10 Å². The second-order valence-corrected chi connectivity index (χ2v) is 6.39. The molecular formula is C19H18N4O3S. The monoisotopic (exact) mass is 382 g/mol. The Morgan fingerprint density at radius 1 is 1.15 bits per heavy atom. The van der Waals surface area contributed by atoms with Gasteiger partial charge in [0, 0.05) is 5.69 Å². The minimum Gasteiger partial charge on any atom is -0.462 e. The van der Waals surface area contributed by atoms with E-state index in [2.05, 4.69) is 15.4 Å². The summed E-state index contributed by atoms with van der Waals surface area (Å²) in [6.07, 6.45) is 1.61. The maximum Gasteiger partial charge on any atom is 0.338 e. The predicted octanol–water partition coefficient (Wildman–Crippen LogP) is 3.17. The molecule has 3 aromatic rings. The number of hydrogen-bond donors (Lipinski definition) is 1. The number of nitrogens with zero attached hydrogens (tertiary/aromatic N) is 3. The lowest BCUT2D eigenvalue weighted by molar-refractivity contribution is -0.113. The average molecular weight is 382 g/mol. The van der Waals surface area contributed by atoms with Gasteiger partial charge in [-0.2, -0.15) is 0 Å². The Morgan fingerprint density at radius 3 is 2.74 bits per heavy atom. The van der Waals surface area contributed by atoms with Crippen molar-refractivity contribution in [1.29, 1.82) is 0 Å². The average Bonchev–Trinajstić information content (AvgIpc) is 3.17. The Bertz CT molecular complexity index is 927. The van der Waals surface area contributed by atoms with Gasteiger partial charge in [-0.25, -0.2) is 14.5 Å². The number of rotatable bonds is 7. The Kier molecular flexibility index (Phi) is 6.22. The van der Waals surface area contributed by atoms with Crippen molar-refractivity contribution in [2.45, 2.75) is 12.1 Å². The molecule has 0 bridgehead atoms. The van der Waals surface area contributed by atoms with E-state index in [-0.39, 0.29) is 11.7 Å². The van der Waals surface area contributed by atoms with E-state index in [4.69, 9.17) is 4.74 Å². The first-order chi connectivity index (χ1) is 13.2. The first-order valence-electron chi connectivity index (χ1n) is 8.32. The van der Waals surface area contributed by atoms with Gasteiger partial charge in [-0.1, -0.05) is 36.0 Å². The molecule has 0 aliphatic rings. The molecule has 0 radical (unpaired) electrons. The number of benzene rings is 2. The van der Waals surface area contributed by atoms with Crippen LogP contribution in [0.1, 0.15) is 17.3 Å². The molecule has 0 saturated carbocycles. The second kappa shape index (κ2) is 9.00. The fraction of sp³-hybridized carbons (Fsp3) is 0.158. The highest BCUT2D eigenvalue weighted by atomic mass is 32.2. The number of esters is 1. The topological polar surface area (TPSA) is 86.1 Å². The minimum atomic E-state index is -0.418. The lowest BCUT2D eigenvalue weighted by Gasteiger charge is -2.06. The van der Waals surface area contributed by atoms with Crippen LogP contribution in [0.5, 0.6) is 0 Å². The van der Waals surface area contributed by atoms with Crippen LogP contribution < -0.4 is 5.32 Å². The molecule has 3 rings (SSSR count). The van der Waals surface area contributed by atoms with Crippen LogP contribution in [0.2, 0.25) is 0 Å². The van der Waals surface area contributed by atoms with E-state index >= 15 is 0 Å². The van der Waals surface area contributed by atoms with Crippen molar-refractivity contribution < 1.29 is 14.3 Å². The van der Waals surface area contributed by atoms with Gasteiger partial charge >= 0.3 is 5.97 Å². The van der Waals surface area contributed by atoms with E-state index in [1.807, 2.05) is 30.3 Å². The van der Waals surface area contributed by atoms with Gasteiger partial charge in [0.15, 0.2) is 0 Å². The van der Waals surface area contributed by atoms with Crippen LogP contribution in [0, 0.1) is 0 Å². The van der Waals surface area contributed by atoms with Gasteiger partial charge < -0.3 is 10.1 Å². The Balaban J connectivity index is 1.55. The largest absolute Gasteiger partial charge is 0.462 e. The minimum absolute atomic E-state index is 0.155. The predicted molar refractivity (Wildman–Crippen MR) is 103 cm³/mol. The molecule has 0 aliphatic heterocycles. The van der Waals surface area contributed by atoms with Crippen molar-refractivity contribution >= 4 is 29.3 Å². The summed E-state index contributed by atoms with van der Waals surface area (Å²) in [6, 6.07) is 16.2. The molecule has 0 fully saturated rings. The number of nitrogens with one attached hydrogen (secondary N) is 1. The summed E-state index contributed by atoms with van der Waals surface area (Å²) in [5.41, 5.74) is 1.83. The molecule has 1 heterocycles. The molecule has 0 aliphatic carbocycles. The smallest absolute Gasteiger partial charge is 0.338 e. The number of amides is 1. The number of ether oxygens (including phenoxy) is 1. The first-order valence-corrected chi connectivity index (χ1v) is 9.31. The normalized spacial score (nSPS) is 10.4. The van der Waals surface area contributed by atoms with Gasteiger partial charge in [0.25, 0.3) is 0 Å². The van der Waals surface area contributed by atoms with Crippen LogP contribution in [0.25, 0.3) is 5.69 Å². The van der Waals surface area contributed by atoms with E-state index in [0.717, 1.165) is 5.69 Å². The number of hydrogen-bond acceptors (Lipinski definition) is 6. The third kappa shape index (κ3) is 5.18. The molecule has 0 unspecified atom stereocenters. The summed E-state index contributed by atoms with van der Waals surface area (Å²) >= 11 is 1.24. The number of aromatic nitrogens is 3. The van der Waals surface area contributed by atoms with Gasteiger partial charge in [0.2, 0.25) is 11.1 Å². The molecule has 0 atom stereocenters. The number of carbonyl (C=O) groups is 2. The fourth-order valence-electron chi connectivity index (χ4n) is 2.28. The van der Waals surface area contributed by atoms with Crippen molar-refractivity contribution in [2.24, 2.45) is 0 Å². The standard InChI is InChI=1S/C19H18N4O3S/c1-2-26-18(25)14-7-6-8-15(11-14)21-17(24)12-27-19-20-13-23(22-19)16-9-4-3-5-10-16/h3-11,13H,2,12H2,1H3,(H,21,24). The Labute approximate surface area is 160 Å². The van der Waals surface area contributed by atoms with Crippen molar-refractivity contribution in [2.75, 3.05) is 17.7 Å². The molecule has 0 spiro atoms. The van der Waals surface area contributed by atoms with E-state index < -0.39 is 5.97 Å². The number of para-hydroxylation sites is 1. The fourth-order valence-corrected chi connectivity index (χ4v) is 2.88. The van der Waals surface area contributed by atoms with E-state index in [9.17, 15) is 9.59 Å². The van der Waals surface area contributed by atoms with Crippen LogP contribution in [-0.4, -0.2) is 39.0 Å². The van der Waals surface area contributed by atoms with Crippen LogP contribution in [0.15, 0.2) is 66.1 Å². The lowest BCUT2D eigenvalue weighted by Crippen LogP contribution is -2.15. The zero-order valence-corrected chi connectivity index (χ0v) is 15.5. The zero-order chi connectivity index (χ0) is 19.1. The maximum atomic E-state index is 12.2. The summed E-state index contributed by atoms with van der Waals surface area (Å²) < 4.78 is 6.61. The molecule has 138 valence electrons. The molecule has 27 heavy (non-hydrogen) atoms. The third-order valence-corrected chi connectivity index (χ3v) is 4.33. The SMILES string of the molecule is CCOC(=O)c1cccc(NC(=O)CSc2ncn(-c3ccccc3)n2)c1. The zero-order valence-electron chi connectivity index (χ0n) is 14.7. The lowest BCUT2D eigenvalue weighted by atomic mass is 10.2. The van der Waals surface area contributed by atoms with Gasteiger partial charge in [0.1, 0.15) is 6.33 Å². The molecule has 8 heteroatoms. The molecule has 1 aromatic heterocycles. The van der Waals surface area contributed by atoms with Crippen LogP contribution in [-0.2, 0) is 9.53 Å². The van der Waals surface area contributed by atoms with Crippen molar-refractivity contribution in [3.05, 3.63) is 66.5 Å². The number of carbonyl (C=O) groups excluding carboxylic acids is 2. The Hall–Kier alpha value is -3.13. The molecule has 7 nitrogen and oxygen atoms in total. The quantitative estimate of drug-likeness (QED) is 0.499. The van der Waals surface area contributed by atoms with Crippen molar-refractivity contribution in [3.63, 3.8) is 0 Å². The molecule has 1 amide bonds. The van der Waals surface area contributed by atoms with Crippen molar-refractivity contribution in [3.8, 4) is 5.69 Å². The molecule has 0 saturated heterocycles. The van der Waals surface area contributed by atoms with Gasteiger partial charge in [0.05, 0.1) is 23.6 Å². The molecule has 2 aromatic carbocycles. The summed E-state index contributed by atoms with van der Waals surface area (Å²) in [6.45, 7) is 2.04. The maximum absolute atomic E-state index is 12.2. The third-order valence-electron chi connectivity index (χ3n) is 3.48. The number of thioether (sulfide) groups is 1. The van der Waals surface area contributed by atoms with Crippen LogP contribution >= 0.6 is 11.8 Å². The highest BCUT2D eigenvalue weighted by Gasteiger charge is 2.10. The van der Waals surface area contributed by atoms with Crippen molar-refractivity contribution in [1.82, 2.24) is 14.8 Å². The van der Waals surface area contributed by atoms with Crippen LogP contribution in [0.4, 0.5) is 5.69 Å². The summed E-state index contributed by atoms with van der Waals surface area (Å²) in [7, 11) is 0. The summed E-state index contributed by atoms with van der Waals surface area (Å²) in [4.78, 5) is 28.1. The summed E-state index contributed by atoms with van der Waals surface area (Å²) in [5.74, 6) is -0.474. The van der Waals surface area contributed by atoms with E-state index in [1.54, 1.807) is 42.2 Å². The Morgan fingerprint density at radius 2 is 1.96 bits per heavy atom.